The number of sulfonamides is 1. The largest absolute Gasteiger partial charge is 0.342 e. The average Bonchev–Trinajstić information content (AvgIpc) is 3.46. The molecule has 0 aliphatic carbocycles. The van der Waals surface area contributed by atoms with Crippen molar-refractivity contribution in [3.05, 3.63) is 59.5 Å². The Bertz CT molecular complexity index is 1200. The Hall–Kier alpha value is -3.11. The molecule has 1 atom stereocenters. The Morgan fingerprint density at radius 2 is 1.97 bits per heavy atom. The molecule has 0 spiro atoms. The number of amides is 1. The quantitative estimate of drug-likeness (QED) is 0.607. The van der Waals surface area contributed by atoms with Crippen molar-refractivity contribution in [1.82, 2.24) is 29.8 Å². The molecule has 1 aliphatic rings. The van der Waals surface area contributed by atoms with Gasteiger partial charge in [-0.05, 0) is 62.6 Å². The topological polar surface area (TPSA) is 121 Å². The Kier molecular flexibility index (Phi) is 5.84. The van der Waals surface area contributed by atoms with Gasteiger partial charge >= 0.3 is 0 Å². The maximum absolute atomic E-state index is 12.8. The van der Waals surface area contributed by atoms with Crippen LogP contribution in [0, 0.1) is 6.92 Å². The smallest absolute Gasteiger partial charge is 0.251 e. The van der Waals surface area contributed by atoms with Crippen LogP contribution in [0.3, 0.4) is 0 Å². The number of carbonyl (C=O) groups excluding carboxylic acids is 1. The molecule has 0 unspecified atom stereocenters. The molecule has 1 aliphatic heterocycles. The number of hydrogen-bond donors (Lipinski definition) is 2. The highest BCUT2D eigenvalue weighted by Gasteiger charge is 2.28. The van der Waals surface area contributed by atoms with Gasteiger partial charge in [-0.1, -0.05) is 6.07 Å². The molecule has 0 bridgehead atoms. The zero-order valence-corrected chi connectivity index (χ0v) is 18.2. The summed E-state index contributed by atoms with van der Waals surface area (Å²) in [6, 6.07) is 9.41. The lowest BCUT2D eigenvalue weighted by molar-refractivity contribution is 0.0938. The second-order valence-corrected chi connectivity index (χ2v) is 9.53. The molecule has 31 heavy (non-hydrogen) atoms. The number of nitrogens with one attached hydrogen (secondary N) is 2. The monoisotopic (exact) mass is 440 g/mol. The number of aryl methyl sites for hydroxylation is 1. The van der Waals surface area contributed by atoms with E-state index < -0.39 is 22.0 Å². The third-order valence-electron chi connectivity index (χ3n) is 5.20. The van der Waals surface area contributed by atoms with Crippen LogP contribution < -0.4 is 5.32 Å². The molecule has 162 valence electrons. The summed E-state index contributed by atoms with van der Waals surface area (Å²) in [5.74, 6) is 0.531. The summed E-state index contributed by atoms with van der Waals surface area (Å²) in [4.78, 5) is 21.6. The van der Waals surface area contributed by atoms with E-state index in [0.717, 1.165) is 18.4 Å². The number of aromatic amines is 1. The number of pyridine rings is 1. The summed E-state index contributed by atoms with van der Waals surface area (Å²) in [5, 5.41) is 9.85. The lowest BCUT2D eigenvalue weighted by Gasteiger charge is -2.16. The predicted octanol–water partition coefficient (Wildman–Crippen LogP) is 2.45. The fourth-order valence-corrected chi connectivity index (χ4v) is 5.03. The lowest BCUT2D eigenvalue weighted by Crippen LogP contribution is -2.29. The van der Waals surface area contributed by atoms with Crippen molar-refractivity contribution >= 4 is 15.9 Å². The van der Waals surface area contributed by atoms with Crippen LogP contribution in [0.15, 0.2) is 47.5 Å². The van der Waals surface area contributed by atoms with E-state index in [9.17, 15) is 13.2 Å². The SMILES string of the molecule is Cc1ccnc(-c2n[nH]c([C@H](C)NC(=O)c3cccc(S(=O)(=O)N4CCCC4)c3)n2)c1. The molecule has 2 N–H and O–H groups in total. The molecule has 1 fully saturated rings. The Labute approximate surface area is 181 Å². The fraction of sp³-hybridized carbons (Fsp3) is 0.333. The standard InChI is InChI=1S/C21H24N6O3S/c1-14-8-9-22-18(12-14)20-24-19(25-26-20)15(2)23-21(28)16-6-5-7-17(13-16)31(29,30)27-10-3-4-11-27/h5-9,12-13,15H,3-4,10-11H2,1-2H3,(H,23,28)(H,24,25,26)/t15-/m0/s1. The number of nitrogens with zero attached hydrogens (tertiary/aromatic N) is 4. The molecular formula is C21H24N6O3S. The molecule has 2 aromatic heterocycles. The molecule has 0 radical (unpaired) electrons. The zero-order chi connectivity index (χ0) is 22.0. The van der Waals surface area contributed by atoms with E-state index in [1.165, 1.54) is 16.4 Å². The first-order valence-electron chi connectivity index (χ1n) is 10.1. The van der Waals surface area contributed by atoms with Crippen molar-refractivity contribution in [2.45, 2.75) is 37.6 Å². The van der Waals surface area contributed by atoms with Gasteiger partial charge < -0.3 is 5.32 Å². The van der Waals surface area contributed by atoms with Crippen LogP contribution in [-0.2, 0) is 10.0 Å². The number of hydrogen-bond acceptors (Lipinski definition) is 6. The minimum atomic E-state index is -3.59. The Morgan fingerprint density at radius 1 is 1.19 bits per heavy atom. The third-order valence-corrected chi connectivity index (χ3v) is 7.10. The van der Waals surface area contributed by atoms with Crippen LogP contribution in [-0.4, -0.2) is 51.9 Å². The number of benzene rings is 1. The van der Waals surface area contributed by atoms with Crippen molar-refractivity contribution in [1.29, 1.82) is 0 Å². The van der Waals surface area contributed by atoms with E-state index in [-0.39, 0.29) is 10.5 Å². The highest BCUT2D eigenvalue weighted by atomic mass is 32.2. The van der Waals surface area contributed by atoms with Crippen LogP contribution in [0.1, 0.15) is 47.6 Å². The average molecular weight is 441 g/mol. The third kappa shape index (κ3) is 4.49. The molecule has 4 rings (SSSR count). The second kappa shape index (κ2) is 8.56. The van der Waals surface area contributed by atoms with Crippen LogP contribution in [0.25, 0.3) is 11.5 Å². The van der Waals surface area contributed by atoms with Crippen LogP contribution in [0.5, 0.6) is 0 Å². The van der Waals surface area contributed by atoms with Gasteiger partial charge in [-0.2, -0.15) is 9.40 Å². The van der Waals surface area contributed by atoms with Gasteiger partial charge in [-0.25, -0.2) is 13.4 Å². The van der Waals surface area contributed by atoms with Crippen LogP contribution in [0.4, 0.5) is 0 Å². The first-order chi connectivity index (χ1) is 14.8. The van der Waals surface area contributed by atoms with Crippen molar-refractivity contribution in [2.24, 2.45) is 0 Å². The first kappa shape index (κ1) is 21.1. The molecule has 3 aromatic rings. The lowest BCUT2D eigenvalue weighted by atomic mass is 10.2. The summed E-state index contributed by atoms with van der Waals surface area (Å²) in [6.07, 6.45) is 3.40. The summed E-state index contributed by atoms with van der Waals surface area (Å²) < 4.78 is 27.0. The molecule has 1 aromatic carbocycles. The summed E-state index contributed by atoms with van der Waals surface area (Å²) in [7, 11) is -3.59. The highest BCUT2D eigenvalue weighted by Crippen LogP contribution is 2.22. The van der Waals surface area contributed by atoms with Crippen molar-refractivity contribution in [3.8, 4) is 11.5 Å². The fourth-order valence-electron chi connectivity index (χ4n) is 3.46. The van der Waals surface area contributed by atoms with Gasteiger partial charge in [0.15, 0.2) is 5.82 Å². The normalized spacial score (nSPS) is 15.7. The van der Waals surface area contributed by atoms with Crippen molar-refractivity contribution in [2.75, 3.05) is 13.1 Å². The van der Waals surface area contributed by atoms with Gasteiger partial charge in [0.05, 0.1) is 10.9 Å². The Balaban J connectivity index is 1.48. The molecule has 3 heterocycles. The number of H-pyrrole nitrogens is 1. The number of carbonyl (C=O) groups is 1. The van der Waals surface area contributed by atoms with Crippen LogP contribution in [0.2, 0.25) is 0 Å². The van der Waals surface area contributed by atoms with Crippen molar-refractivity contribution < 1.29 is 13.2 Å². The molecule has 1 saturated heterocycles. The van der Waals surface area contributed by atoms with Crippen molar-refractivity contribution in [3.63, 3.8) is 0 Å². The maximum atomic E-state index is 12.8. The summed E-state index contributed by atoms with van der Waals surface area (Å²) in [5.41, 5.74) is 1.95. The van der Waals surface area contributed by atoms with Gasteiger partial charge in [-0.15, -0.1) is 0 Å². The van der Waals surface area contributed by atoms with E-state index >= 15 is 0 Å². The maximum Gasteiger partial charge on any atom is 0.251 e. The van der Waals surface area contributed by atoms with E-state index in [1.807, 2.05) is 19.1 Å². The molecule has 1 amide bonds. The Morgan fingerprint density at radius 3 is 2.71 bits per heavy atom. The molecule has 0 saturated carbocycles. The van der Waals surface area contributed by atoms with Crippen LogP contribution >= 0.6 is 0 Å². The van der Waals surface area contributed by atoms with Gasteiger partial charge in [0.1, 0.15) is 11.5 Å². The zero-order valence-electron chi connectivity index (χ0n) is 17.4. The van der Waals surface area contributed by atoms with Gasteiger partial charge in [0.2, 0.25) is 10.0 Å². The van der Waals surface area contributed by atoms with E-state index in [1.54, 1.807) is 25.3 Å². The number of rotatable bonds is 6. The molecular weight excluding hydrogens is 416 g/mol. The van der Waals surface area contributed by atoms with Gasteiger partial charge in [0, 0.05) is 24.8 Å². The minimum Gasteiger partial charge on any atom is -0.342 e. The van der Waals surface area contributed by atoms with Gasteiger partial charge in [0.25, 0.3) is 5.91 Å². The number of aromatic nitrogens is 4. The van der Waals surface area contributed by atoms with E-state index in [2.05, 4.69) is 25.5 Å². The minimum absolute atomic E-state index is 0.127. The van der Waals surface area contributed by atoms with E-state index in [4.69, 9.17) is 0 Å². The molecule has 10 heteroatoms. The predicted molar refractivity (Wildman–Crippen MR) is 115 cm³/mol. The van der Waals surface area contributed by atoms with Gasteiger partial charge in [-0.3, -0.25) is 14.9 Å². The first-order valence-corrected chi connectivity index (χ1v) is 11.5. The summed E-state index contributed by atoms with van der Waals surface area (Å²) >= 11 is 0. The highest BCUT2D eigenvalue weighted by molar-refractivity contribution is 7.89. The second-order valence-electron chi connectivity index (χ2n) is 7.60. The molecule has 9 nitrogen and oxygen atoms in total. The van der Waals surface area contributed by atoms with E-state index in [0.29, 0.717) is 30.4 Å². The summed E-state index contributed by atoms with van der Waals surface area (Å²) in [6.45, 7) is 4.76.